The summed E-state index contributed by atoms with van der Waals surface area (Å²) in [6.07, 6.45) is 2.75. The van der Waals surface area contributed by atoms with Gasteiger partial charge in [-0.3, -0.25) is 0 Å². The summed E-state index contributed by atoms with van der Waals surface area (Å²) in [4.78, 5) is 19.3. The molecule has 1 fully saturated rings. The Hall–Kier alpha value is -2.86. The fraction of sp³-hybridized carbons (Fsp3) is 0.318. The van der Waals surface area contributed by atoms with Crippen molar-refractivity contribution in [1.82, 2.24) is 15.0 Å². The van der Waals surface area contributed by atoms with Gasteiger partial charge in [-0.2, -0.15) is 4.98 Å². The minimum Gasteiger partial charge on any atom is -0.337 e. The van der Waals surface area contributed by atoms with Gasteiger partial charge in [-0.1, -0.05) is 35.0 Å². The molecular formula is C22H23ClN4O2. The molecule has 3 aromatic rings. The van der Waals surface area contributed by atoms with Gasteiger partial charge in [-0.25, -0.2) is 4.79 Å². The lowest BCUT2D eigenvalue weighted by atomic mass is 10.0. The molecule has 4 rings (SSSR count). The number of aromatic nitrogens is 2. The van der Waals surface area contributed by atoms with Gasteiger partial charge < -0.3 is 14.7 Å². The largest absolute Gasteiger partial charge is 0.337 e. The van der Waals surface area contributed by atoms with Crippen LogP contribution in [0.5, 0.6) is 0 Å². The first-order valence-electron chi connectivity index (χ1n) is 9.75. The monoisotopic (exact) mass is 410 g/mol. The molecular weight excluding hydrogens is 388 g/mol. The van der Waals surface area contributed by atoms with Crippen LogP contribution in [-0.2, 0) is 0 Å². The van der Waals surface area contributed by atoms with E-state index in [2.05, 4.69) is 22.4 Å². The Bertz CT molecular complexity index is 1030. The average Bonchev–Trinajstić information content (AvgIpc) is 3.21. The number of nitrogens with one attached hydrogen (secondary N) is 1. The van der Waals surface area contributed by atoms with Crippen LogP contribution >= 0.6 is 11.6 Å². The molecule has 1 unspecified atom stereocenters. The van der Waals surface area contributed by atoms with Crippen LogP contribution in [0.3, 0.4) is 0 Å². The summed E-state index contributed by atoms with van der Waals surface area (Å²) in [6, 6.07) is 12.8. The third kappa shape index (κ3) is 4.27. The number of halogens is 1. The van der Waals surface area contributed by atoms with Gasteiger partial charge in [0.2, 0.25) is 11.7 Å². The summed E-state index contributed by atoms with van der Waals surface area (Å²) in [6.45, 7) is 4.73. The van der Waals surface area contributed by atoms with Crippen molar-refractivity contribution in [3.8, 4) is 11.4 Å². The molecule has 2 heterocycles. The molecule has 0 bridgehead atoms. The van der Waals surface area contributed by atoms with Gasteiger partial charge in [-0.15, -0.1) is 0 Å². The number of benzene rings is 2. The number of hydrogen-bond acceptors (Lipinski definition) is 4. The lowest BCUT2D eigenvalue weighted by Gasteiger charge is -2.33. The van der Waals surface area contributed by atoms with Crippen molar-refractivity contribution in [2.24, 2.45) is 0 Å². The molecule has 2 amide bonds. The molecule has 0 aliphatic carbocycles. The zero-order valence-electron chi connectivity index (χ0n) is 16.5. The highest BCUT2D eigenvalue weighted by Crippen LogP contribution is 2.32. The Morgan fingerprint density at radius 3 is 2.83 bits per heavy atom. The second-order valence-electron chi connectivity index (χ2n) is 7.40. The van der Waals surface area contributed by atoms with Crippen LogP contribution in [-0.4, -0.2) is 27.6 Å². The SMILES string of the molecule is Cc1ccc(NC(=O)N2CCCCC2c2nc(-c3cccc(Cl)c3)no2)cc1C. The molecule has 1 saturated heterocycles. The predicted molar refractivity (Wildman–Crippen MR) is 113 cm³/mol. The molecule has 1 N–H and O–H groups in total. The molecule has 1 atom stereocenters. The molecule has 0 spiro atoms. The standard InChI is InChI=1S/C22H23ClN4O2/c1-14-9-10-18(12-15(14)2)24-22(28)27-11-4-3-8-19(27)21-25-20(26-29-21)16-6-5-7-17(23)13-16/h5-7,9-10,12-13,19H,3-4,8,11H2,1-2H3,(H,24,28). The fourth-order valence-corrected chi connectivity index (χ4v) is 3.75. The van der Waals surface area contributed by atoms with Crippen molar-refractivity contribution < 1.29 is 9.32 Å². The third-order valence-corrected chi connectivity index (χ3v) is 5.57. The molecule has 0 radical (unpaired) electrons. The van der Waals surface area contributed by atoms with E-state index in [4.69, 9.17) is 16.1 Å². The van der Waals surface area contributed by atoms with E-state index in [-0.39, 0.29) is 12.1 Å². The third-order valence-electron chi connectivity index (χ3n) is 5.33. The van der Waals surface area contributed by atoms with Crippen molar-refractivity contribution in [2.45, 2.75) is 39.2 Å². The zero-order valence-corrected chi connectivity index (χ0v) is 17.2. The second kappa shape index (κ2) is 8.25. The molecule has 1 aliphatic rings. The summed E-state index contributed by atoms with van der Waals surface area (Å²) >= 11 is 6.07. The van der Waals surface area contributed by atoms with E-state index < -0.39 is 0 Å². The molecule has 1 aromatic heterocycles. The van der Waals surface area contributed by atoms with Crippen molar-refractivity contribution in [3.63, 3.8) is 0 Å². The average molecular weight is 411 g/mol. The number of nitrogens with zero attached hydrogens (tertiary/aromatic N) is 3. The number of carbonyl (C=O) groups excluding carboxylic acids is 1. The summed E-state index contributed by atoms with van der Waals surface area (Å²) < 4.78 is 5.54. The van der Waals surface area contributed by atoms with E-state index in [1.54, 1.807) is 17.0 Å². The predicted octanol–water partition coefficient (Wildman–Crippen LogP) is 5.77. The van der Waals surface area contributed by atoms with Crippen LogP contribution in [0.15, 0.2) is 47.0 Å². The van der Waals surface area contributed by atoms with Gasteiger partial charge in [0.1, 0.15) is 6.04 Å². The van der Waals surface area contributed by atoms with Crippen LogP contribution in [0.4, 0.5) is 10.5 Å². The van der Waals surface area contributed by atoms with Crippen molar-refractivity contribution >= 4 is 23.3 Å². The minimum absolute atomic E-state index is 0.152. The number of likely N-dealkylation sites (tertiary alicyclic amines) is 1. The van der Waals surface area contributed by atoms with Crippen LogP contribution < -0.4 is 5.32 Å². The highest BCUT2D eigenvalue weighted by molar-refractivity contribution is 6.30. The number of anilines is 1. The maximum absolute atomic E-state index is 13.0. The molecule has 6 nitrogen and oxygen atoms in total. The number of piperidine rings is 1. The molecule has 1 aliphatic heterocycles. The smallest absolute Gasteiger partial charge is 0.322 e. The number of amides is 2. The lowest BCUT2D eigenvalue weighted by molar-refractivity contribution is 0.142. The van der Waals surface area contributed by atoms with Gasteiger partial charge in [0.05, 0.1) is 0 Å². The fourth-order valence-electron chi connectivity index (χ4n) is 3.56. The van der Waals surface area contributed by atoms with E-state index in [0.717, 1.165) is 36.1 Å². The molecule has 150 valence electrons. The second-order valence-corrected chi connectivity index (χ2v) is 7.84. The van der Waals surface area contributed by atoms with Crippen LogP contribution in [0.1, 0.15) is 42.3 Å². The number of aryl methyl sites for hydroxylation is 2. The molecule has 7 heteroatoms. The van der Waals surface area contributed by atoms with Crippen molar-refractivity contribution in [2.75, 3.05) is 11.9 Å². The maximum Gasteiger partial charge on any atom is 0.322 e. The topological polar surface area (TPSA) is 71.3 Å². The zero-order chi connectivity index (χ0) is 20.4. The summed E-state index contributed by atoms with van der Waals surface area (Å²) in [5, 5.41) is 7.72. The van der Waals surface area contributed by atoms with E-state index >= 15 is 0 Å². The van der Waals surface area contributed by atoms with Gasteiger partial charge >= 0.3 is 6.03 Å². The van der Waals surface area contributed by atoms with Crippen molar-refractivity contribution in [3.05, 3.63) is 64.5 Å². The lowest BCUT2D eigenvalue weighted by Crippen LogP contribution is -2.41. The van der Waals surface area contributed by atoms with E-state index in [9.17, 15) is 4.79 Å². The van der Waals surface area contributed by atoms with Gasteiger partial charge in [0.25, 0.3) is 0 Å². The van der Waals surface area contributed by atoms with Crippen LogP contribution in [0, 0.1) is 13.8 Å². The van der Waals surface area contributed by atoms with E-state index in [0.29, 0.717) is 23.3 Å². The molecule has 29 heavy (non-hydrogen) atoms. The van der Waals surface area contributed by atoms with Crippen LogP contribution in [0.2, 0.25) is 5.02 Å². The Morgan fingerprint density at radius 1 is 1.17 bits per heavy atom. The quantitative estimate of drug-likeness (QED) is 0.595. The number of hydrogen-bond donors (Lipinski definition) is 1. The molecule has 0 saturated carbocycles. The van der Waals surface area contributed by atoms with Gasteiger partial charge in [0, 0.05) is 22.8 Å². The minimum atomic E-state index is -0.240. The Kier molecular flexibility index (Phi) is 5.53. The maximum atomic E-state index is 13.0. The highest BCUT2D eigenvalue weighted by atomic mass is 35.5. The van der Waals surface area contributed by atoms with E-state index in [1.165, 1.54) is 5.56 Å². The Balaban J connectivity index is 1.54. The first kappa shape index (κ1) is 19.5. The molecule has 2 aromatic carbocycles. The summed E-state index contributed by atoms with van der Waals surface area (Å²) in [5.41, 5.74) is 3.90. The first-order chi connectivity index (χ1) is 14.0. The number of urea groups is 1. The summed E-state index contributed by atoms with van der Waals surface area (Å²) in [5.74, 6) is 0.928. The Morgan fingerprint density at radius 2 is 2.03 bits per heavy atom. The van der Waals surface area contributed by atoms with Gasteiger partial charge in [0.15, 0.2) is 0 Å². The number of carbonyl (C=O) groups is 1. The van der Waals surface area contributed by atoms with E-state index in [1.807, 2.05) is 37.3 Å². The van der Waals surface area contributed by atoms with Crippen LogP contribution in [0.25, 0.3) is 11.4 Å². The summed E-state index contributed by atoms with van der Waals surface area (Å²) in [7, 11) is 0. The highest BCUT2D eigenvalue weighted by Gasteiger charge is 2.32. The Labute approximate surface area is 174 Å². The normalized spacial score (nSPS) is 16.7. The number of rotatable bonds is 3. The van der Waals surface area contributed by atoms with Gasteiger partial charge in [-0.05, 0) is 68.5 Å². The van der Waals surface area contributed by atoms with Crippen molar-refractivity contribution in [1.29, 1.82) is 0 Å². The first-order valence-corrected chi connectivity index (χ1v) is 10.1.